The largest absolute Gasteiger partial charge is 0.493 e. The average Bonchev–Trinajstić information content (AvgIpc) is 2.80. The second kappa shape index (κ2) is 10.9. The Morgan fingerprint density at radius 2 is 1.52 bits per heavy atom. The van der Waals surface area contributed by atoms with Crippen molar-refractivity contribution >= 4 is 17.3 Å². The van der Waals surface area contributed by atoms with Crippen LogP contribution in [0, 0.1) is 0 Å². The lowest BCUT2D eigenvalue weighted by Crippen LogP contribution is -2.27. The second-order valence-corrected chi connectivity index (χ2v) is 6.71. The van der Waals surface area contributed by atoms with Crippen LogP contribution in [0.25, 0.3) is 0 Å². The monoisotopic (exact) mass is 420 g/mol. The fraction of sp³-hybridized carbons (Fsp3) is 0.240. The van der Waals surface area contributed by atoms with E-state index in [2.05, 4.69) is 10.6 Å². The van der Waals surface area contributed by atoms with E-state index < -0.39 is 6.04 Å². The predicted molar refractivity (Wildman–Crippen MR) is 123 cm³/mol. The maximum atomic E-state index is 13.3. The zero-order chi connectivity index (χ0) is 22.1. The van der Waals surface area contributed by atoms with Gasteiger partial charge in [-0.2, -0.15) is 0 Å². The summed E-state index contributed by atoms with van der Waals surface area (Å²) in [5, 5.41) is 6.31. The SMILES string of the molecule is CCOc1ccccc1NC(=O)[C@@H](Nc1ccc(OCC)c(OC)c1)c1ccccc1. The van der Waals surface area contributed by atoms with Crippen molar-refractivity contribution in [1.29, 1.82) is 0 Å². The van der Waals surface area contributed by atoms with E-state index in [4.69, 9.17) is 14.2 Å². The molecule has 0 heterocycles. The Kier molecular flexibility index (Phi) is 7.76. The smallest absolute Gasteiger partial charge is 0.251 e. The van der Waals surface area contributed by atoms with Crippen molar-refractivity contribution < 1.29 is 19.0 Å². The summed E-state index contributed by atoms with van der Waals surface area (Å²) in [7, 11) is 1.59. The van der Waals surface area contributed by atoms with E-state index in [1.165, 1.54) is 0 Å². The number of methoxy groups -OCH3 is 1. The molecule has 0 spiro atoms. The Hall–Kier alpha value is -3.67. The van der Waals surface area contributed by atoms with Crippen LogP contribution in [0.15, 0.2) is 72.8 Å². The molecule has 31 heavy (non-hydrogen) atoms. The molecule has 2 N–H and O–H groups in total. The van der Waals surface area contributed by atoms with Gasteiger partial charge >= 0.3 is 0 Å². The third kappa shape index (κ3) is 5.69. The van der Waals surface area contributed by atoms with Crippen LogP contribution in [-0.2, 0) is 4.79 Å². The lowest BCUT2D eigenvalue weighted by atomic mass is 10.1. The number of benzene rings is 3. The van der Waals surface area contributed by atoms with Crippen LogP contribution in [0.2, 0.25) is 0 Å². The van der Waals surface area contributed by atoms with E-state index >= 15 is 0 Å². The van der Waals surface area contributed by atoms with E-state index in [1.54, 1.807) is 7.11 Å². The highest BCUT2D eigenvalue weighted by Crippen LogP contribution is 2.32. The summed E-state index contributed by atoms with van der Waals surface area (Å²) in [5.74, 6) is 1.68. The van der Waals surface area contributed by atoms with Gasteiger partial charge in [-0.1, -0.05) is 42.5 Å². The number of carbonyl (C=O) groups excluding carboxylic acids is 1. The number of para-hydroxylation sites is 2. The topological polar surface area (TPSA) is 68.8 Å². The normalized spacial score (nSPS) is 11.3. The number of hydrogen-bond donors (Lipinski definition) is 2. The summed E-state index contributed by atoms with van der Waals surface area (Å²) in [4.78, 5) is 13.3. The lowest BCUT2D eigenvalue weighted by molar-refractivity contribution is -0.117. The fourth-order valence-electron chi connectivity index (χ4n) is 3.20. The minimum atomic E-state index is -0.626. The average molecular weight is 421 g/mol. The van der Waals surface area contributed by atoms with Crippen LogP contribution in [-0.4, -0.2) is 26.2 Å². The van der Waals surface area contributed by atoms with Gasteiger partial charge in [0.2, 0.25) is 0 Å². The molecule has 6 heteroatoms. The minimum absolute atomic E-state index is 0.203. The van der Waals surface area contributed by atoms with E-state index in [0.29, 0.717) is 36.1 Å². The van der Waals surface area contributed by atoms with Crippen LogP contribution >= 0.6 is 0 Å². The molecule has 0 radical (unpaired) electrons. The summed E-state index contributed by atoms with van der Waals surface area (Å²) in [5.41, 5.74) is 2.20. The Morgan fingerprint density at radius 1 is 0.839 bits per heavy atom. The molecule has 0 aliphatic heterocycles. The van der Waals surface area contributed by atoms with E-state index in [9.17, 15) is 4.79 Å². The number of anilines is 2. The van der Waals surface area contributed by atoms with Crippen molar-refractivity contribution in [2.24, 2.45) is 0 Å². The first kappa shape index (κ1) is 22.0. The quantitative estimate of drug-likeness (QED) is 0.467. The standard InChI is InChI=1S/C25H28N2O4/c1-4-30-21-14-10-9-13-20(21)27-25(28)24(18-11-7-6-8-12-18)26-19-15-16-22(31-5-2)23(17-19)29-3/h6-17,24,26H,4-5H2,1-3H3,(H,27,28)/t24-/m0/s1. The highest BCUT2D eigenvalue weighted by Gasteiger charge is 2.22. The summed E-state index contributed by atoms with van der Waals surface area (Å²) < 4.78 is 16.7. The highest BCUT2D eigenvalue weighted by atomic mass is 16.5. The number of amides is 1. The van der Waals surface area contributed by atoms with E-state index in [0.717, 1.165) is 11.3 Å². The molecule has 6 nitrogen and oxygen atoms in total. The number of nitrogens with one attached hydrogen (secondary N) is 2. The summed E-state index contributed by atoms with van der Waals surface area (Å²) in [6, 6.07) is 21.8. The first-order valence-corrected chi connectivity index (χ1v) is 10.3. The predicted octanol–water partition coefficient (Wildman–Crippen LogP) is 5.28. The third-order valence-electron chi connectivity index (χ3n) is 4.61. The van der Waals surface area contributed by atoms with Gasteiger partial charge < -0.3 is 24.8 Å². The molecule has 0 saturated carbocycles. The van der Waals surface area contributed by atoms with Gasteiger partial charge in [0.1, 0.15) is 11.8 Å². The Labute approximate surface area is 183 Å². The number of hydrogen-bond acceptors (Lipinski definition) is 5. The first-order chi connectivity index (χ1) is 15.2. The molecule has 0 aliphatic carbocycles. The lowest BCUT2D eigenvalue weighted by Gasteiger charge is -2.21. The molecular formula is C25H28N2O4. The van der Waals surface area contributed by atoms with Crippen molar-refractivity contribution in [3.05, 3.63) is 78.4 Å². The molecule has 0 fully saturated rings. The van der Waals surface area contributed by atoms with E-state index in [1.807, 2.05) is 86.6 Å². The van der Waals surface area contributed by atoms with E-state index in [-0.39, 0.29) is 5.91 Å². The molecule has 3 aromatic carbocycles. The van der Waals surface area contributed by atoms with Gasteiger partial charge in [0.25, 0.3) is 5.91 Å². The van der Waals surface area contributed by atoms with Crippen molar-refractivity contribution in [2.75, 3.05) is 31.0 Å². The highest BCUT2D eigenvalue weighted by molar-refractivity contribution is 5.98. The molecule has 1 atom stereocenters. The zero-order valence-electron chi connectivity index (χ0n) is 18.1. The van der Waals surface area contributed by atoms with Crippen LogP contribution < -0.4 is 24.8 Å². The molecule has 3 aromatic rings. The molecule has 3 rings (SSSR count). The van der Waals surface area contributed by atoms with Gasteiger partial charge in [-0.05, 0) is 43.7 Å². The number of carbonyl (C=O) groups is 1. The van der Waals surface area contributed by atoms with Crippen LogP contribution in [0.3, 0.4) is 0 Å². The molecule has 1 amide bonds. The molecule has 0 bridgehead atoms. The summed E-state index contributed by atoms with van der Waals surface area (Å²) in [6.45, 7) is 4.88. The van der Waals surface area contributed by atoms with Crippen LogP contribution in [0.4, 0.5) is 11.4 Å². The van der Waals surface area contributed by atoms with Crippen LogP contribution in [0.1, 0.15) is 25.5 Å². The molecular weight excluding hydrogens is 392 g/mol. The molecule has 0 saturated heterocycles. The second-order valence-electron chi connectivity index (χ2n) is 6.71. The summed E-state index contributed by atoms with van der Waals surface area (Å²) >= 11 is 0. The van der Waals surface area contributed by atoms with Crippen LogP contribution in [0.5, 0.6) is 17.2 Å². The zero-order valence-corrected chi connectivity index (χ0v) is 18.1. The van der Waals surface area contributed by atoms with Gasteiger partial charge in [0.05, 0.1) is 26.0 Å². The van der Waals surface area contributed by atoms with Gasteiger partial charge in [0, 0.05) is 11.8 Å². The maximum Gasteiger partial charge on any atom is 0.251 e. The molecule has 0 unspecified atom stereocenters. The van der Waals surface area contributed by atoms with Crippen molar-refractivity contribution in [2.45, 2.75) is 19.9 Å². The third-order valence-corrected chi connectivity index (χ3v) is 4.61. The van der Waals surface area contributed by atoms with Crippen molar-refractivity contribution in [3.8, 4) is 17.2 Å². The minimum Gasteiger partial charge on any atom is -0.493 e. The Bertz CT molecular complexity index is 992. The Morgan fingerprint density at radius 3 is 2.23 bits per heavy atom. The van der Waals surface area contributed by atoms with Gasteiger partial charge in [-0.25, -0.2) is 0 Å². The molecule has 0 aliphatic rings. The fourth-order valence-corrected chi connectivity index (χ4v) is 3.20. The van der Waals surface area contributed by atoms with Gasteiger partial charge in [-0.15, -0.1) is 0 Å². The van der Waals surface area contributed by atoms with Crippen molar-refractivity contribution in [3.63, 3.8) is 0 Å². The number of ether oxygens (including phenoxy) is 3. The summed E-state index contributed by atoms with van der Waals surface area (Å²) in [6.07, 6.45) is 0. The van der Waals surface area contributed by atoms with Gasteiger partial charge in [0.15, 0.2) is 11.5 Å². The first-order valence-electron chi connectivity index (χ1n) is 10.3. The maximum absolute atomic E-state index is 13.3. The Balaban J connectivity index is 1.88. The van der Waals surface area contributed by atoms with Crippen molar-refractivity contribution in [1.82, 2.24) is 0 Å². The molecule has 162 valence electrons. The number of rotatable bonds is 10. The molecule has 0 aromatic heterocycles. The van der Waals surface area contributed by atoms with Gasteiger partial charge in [-0.3, -0.25) is 4.79 Å².